The molecule has 0 bridgehead atoms. The topological polar surface area (TPSA) is 53.7 Å². The minimum Gasteiger partial charge on any atom is -0.469 e. The van der Waals surface area contributed by atoms with E-state index in [4.69, 9.17) is 4.42 Å². The van der Waals surface area contributed by atoms with Crippen molar-refractivity contribution in [3.05, 3.63) is 60.1 Å². The monoisotopic (exact) mass is 341 g/mol. The maximum Gasteiger partial charge on any atom is 0.223 e. The molecule has 4 heteroatoms. The fourth-order valence-electron chi connectivity index (χ4n) is 3.61. The number of aryl methyl sites for hydroxylation is 2. The van der Waals surface area contributed by atoms with Gasteiger partial charge in [-0.25, -0.2) is 0 Å². The van der Waals surface area contributed by atoms with Crippen LogP contribution in [0.3, 0.4) is 0 Å². The van der Waals surface area contributed by atoms with Gasteiger partial charge >= 0.3 is 0 Å². The van der Waals surface area contributed by atoms with Crippen LogP contribution in [-0.4, -0.2) is 35.6 Å². The van der Waals surface area contributed by atoms with Crippen molar-refractivity contribution >= 4 is 5.91 Å². The van der Waals surface area contributed by atoms with Crippen molar-refractivity contribution in [3.8, 4) is 0 Å². The van der Waals surface area contributed by atoms with Crippen molar-refractivity contribution < 1.29 is 14.3 Å². The predicted octanol–water partition coefficient (Wildman–Crippen LogP) is 3.45. The van der Waals surface area contributed by atoms with Gasteiger partial charge in [0.1, 0.15) is 5.76 Å². The van der Waals surface area contributed by atoms with E-state index in [-0.39, 0.29) is 17.9 Å². The zero-order chi connectivity index (χ0) is 17.5. The van der Waals surface area contributed by atoms with Gasteiger partial charge in [-0.1, -0.05) is 30.3 Å². The Labute approximate surface area is 149 Å². The smallest absolute Gasteiger partial charge is 0.223 e. The molecule has 1 amide bonds. The number of likely N-dealkylation sites (tertiary alicyclic amines) is 1. The van der Waals surface area contributed by atoms with Crippen LogP contribution in [0.2, 0.25) is 0 Å². The van der Waals surface area contributed by atoms with Crippen molar-refractivity contribution in [2.75, 3.05) is 19.7 Å². The van der Waals surface area contributed by atoms with Gasteiger partial charge in [0, 0.05) is 32.5 Å². The van der Waals surface area contributed by atoms with E-state index < -0.39 is 0 Å². The van der Waals surface area contributed by atoms with Gasteiger partial charge in [0.2, 0.25) is 5.91 Å². The van der Waals surface area contributed by atoms with Crippen LogP contribution in [0.1, 0.15) is 37.0 Å². The normalized spacial score (nSPS) is 16.8. The third-order valence-corrected chi connectivity index (χ3v) is 5.46. The predicted molar refractivity (Wildman–Crippen MR) is 97.1 cm³/mol. The van der Waals surface area contributed by atoms with Gasteiger partial charge in [0.25, 0.3) is 0 Å². The van der Waals surface area contributed by atoms with Crippen molar-refractivity contribution in [2.45, 2.75) is 38.5 Å². The molecule has 1 N–H and O–H groups in total. The molecule has 1 aromatic heterocycles. The Hall–Kier alpha value is -2.07. The number of hydrogen-bond donors (Lipinski definition) is 1. The first-order chi connectivity index (χ1) is 12.2. The third kappa shape index (κ3) is 4.73. The van der Waals surface area contributed by atoms with Crippen molar-refractivity contribution in [1.29, 1.82) is 0 Å². The minimum atomic E-state index is -0.0480. The quantitative estimate of drug-likeness (QED) is 0.839. The van der Waals surface area contributed by atoms with Crippen molar-refractivity contribution in [2.24, 2.45) is 5.41 Å². The Morgan fingerprint density at radius 3 is 2.48 bits per heavy atom. The first kappa shape index (κ1) is 17.7. The molecule has 1 saturated heterocycles. The molecule has 2 heterocycles. The summed E-state index contributed by atoms with van der Waals surface area (Å²) in [5, 5.41) is 9.96. The molecule has 0 spiro atoms. The Bertz CT molecular complexity index is 643. The SMILES string of the molecule is O=C(CCc1ccco1)N1CCC(CO)(CCc2ccccc2)CC1. The van der Waals surface area contributed by atoms with E-state index >= 15 is 0 Å². The van der Waals surface area contributed by atoms with E-state index in [1.165, 1.54) is 5.56 Å². The Morgan fingerprint density at radius 1 is 1.08 bits per heavy atom. The minimum absolute atomic E-state index is 0.0480. The van der Waals surface area contributed by atoms with Crippen LogP contribution >= 0.6 is 0 Å². The van der Waals surface area contributed by atoms with E-state index in [1.807, 2.05) is 23.1 Å². The Balaban J connectivity index is 1.47. The molecule has 2 aromatic rings. The molecule has 0 radical (unpaired) electrons. The summed E-state index contributed by atoms with van der Waals surface area (Å²) in [6, 6.07) is 14.2. The van der Waals surface area contributed by atoms with Crippen LogP contribution in [0.4, 0.5) is 0 Å². The summed E-state index contributed by atoms with van der Waals surface area (Å²) in [6.07, 6.45) is 6.50. The van der Waals surface area contributed by atoms with Crippen LogP contribution in [-0.2, 0) is 17.6 Å². The molecule has 3 rings (SSSR count). The van der Waals surface area contributed by atoms with E-state index in [1.54, 1.807) is 6.26 Å². The third-order valence-electron chi connectivity index (χ3n) is 5.46. The average Bonchev–Trinajstić information content (AvgIpc) is 3.19. The van der Waals surface area contributed by atoms with Crippen LogP contribution in [0.5, 0.6) is 0 Å². The fourth-order valence-corrected chi connectivity index (χ4v) is 3.61. The fraction of sp³-hybridized carbons (Fsp3) is 0.476. The number of carbonyl (C=O) groups excluding carboxylic acids is 1. The first-order valence-electron chi connectivity index (χ1n) is 9.16. The number of carbonyl (C=O) groups is 1. The van der Waals surface area contributed by atoms with Crippen LogP contribution in [0.25, 0.3) is 0 Å². The largest absolute Gasteiger partial charge is 0.469 e. The van der Waals surface area contributed by atoms with E-state index in [9.17, 15) is 9.90 Å². The number of aliphatic hydroxyl groups is 1. The average molecular weight is 341 g/mol. The van der Waals surface area contributed by atoms with Gasteiger partial charge in [-0.2, -0.15) is 0 Å². The van der Waals surface area contributed by atoms with Crippen LogP contribution in [0, 0.1) is 5.41 Å². The van der Waals surface area contributed by atoms with Gasteiger partial charge in [-0.05, 0) is 48.8 Å². The van der Waals surface area contributed by atoms with Gasteiger partial charge in [-0.15, -0.1) is 0 Å². The number of piperidine rings is 1. The lowest BCUT2D eigenvalue weighted by Gasteiger charge is -2.41. The van der Waals surface area contributed by atoms with Crippen molar-refractivity contribution in [3.63, 3.8) is 0 Å². The number of nitrogens with zero attached hydrogens (tertiary/aromatic N) is 1. The van der Waals surface area contributed by atoms with Crippen molar-refractivity contribution in [1.82, 2.24) is 4.90 Å². The zero-order valence-corrected chi connectivity index (χ0v) is 14.7. The molecular formula is C21H27NO3. The summed E-state index contributed by atoms with van der Waals surface area (Å²) < 4.78 is 5.29. The molecule has 0 atom stereocenters. The first-order valence-corrected chi connectivity index (χ1v) is 9.16. The summed E-state index contributed by atoms with van der Waals surface area (Å²) >= 11 is 0. The highest BCUT2D eigenvalue weighted by molar-refractivity contribution is 5.76. The number of rotatable bonds is 7. The summed E-state index contributed by atoms with van der Waals surface area (Å²) in [5.41, 5.74) is 1.26. The lowest BCUT2D eigenvalue weighted by Crippen LogP contribution is -2.45. The van der Waals surface area contributed by atoms with Crippen LogP contribution < -0.4 is 0 Å². The molecule has 4 nitrogen and oxygen atoms in total. The molecule has 0 aliphatic carbocycles. The molecule has 0 saturated carbocycles. The Morgan fingerprint density at radius 2 is 1.84 bits per heavy atom. The second kappa shape index (κ2) is 8.34. The highest BCUT2D eigenvalue weighted by Crippen LogP contribution is 2.36. The van der Waals surface area contributed by atoms with Gasteiger partial charge in [-0.3, -0.25) is 4.79 Å². The maximum absolute atomic E-state index is 12.4. The molecule has 0 unspecified atom stereocenters. The summed E-state index contributed by atoms with van der Waals surface area (Å²) in [5.74, 6) is 1.05. The molecule has 1 fully saturated rings. The summed E-state index contributed by atoms with van der Waals surface area (Å²) in [6.45, 7) is 1.69. The number of hydrogen-bond acceptors (Lipinski definition) is 3. The van der Waals surface area contributed by atoms with Crippen LogP contribution in [0.15, 0.2) is 53.1 Å². The lowest BCUT2D eigenvalue weighted by atomic mass is 9.75. The lowest BCUT2D eigenvalue weighted by molar-refractivity contribution is -0.134. The maximum atomic E-state index is 12.4. The number of furan rings is 1. The molecule has 1 aliphatic heterocycles. The van der Waals surface area contributed by atoms with Gasteiger partial charge in [0.15, 0.2) is 0 Å². The number of benzene rings is 1. The molecule has 134 valence electrons. The second-order valence-electron chi connectivity index (χ2n) is 7.10. The summed E-state index contributed by atoms with van der Waals surface area (Å²) in [4.78, 5) is 14.3. The molecular weight excluding hydrogens is 314 g/mol. The van der Waals surface area contributed by atoms with E-state index in [0.717, 1.165) is 44.5 Å². The zero-order valence-electron chi connectivity index (χ0n) is 14.7. The standard InChI is InChI=1S/C21H27NO3/c23-17-21(11-10-18-5-2-1-3-6-18)12-14-22(15-13-21)20(24)9-8-19-7-4-16-25-19/h1-7,16,23H,8-15,17H2. The van der Waals surface area contributed by atoms with Gasteiger partial charge < -0.3 is 14.4 Å². The van der Waals surface area contributed by atoms with Gasteiger partial charge in [0.05, 0.1) is 6.26 Å². The number of amides is 1. The second-order valence-corrected chi connectivity index (χ2v) is 7.10. The number of aliphatic hydroxyl groups excluding tert-OH is 1. The highest BCUT2D eigenvalue weighted by Gasteiger charge is 2.34. The Kier molecular flexibility index (Phi) is 5.92. The molecule has 25 heavy (non-hydrogen) atoms. The molecule has 1 aromatic carbocycles. The molecule has 1 aliphatic rings. The highest BCUT2D eigenvalue weighted by atomic mass is 16.3. The van der Waals surface area contributed by atoms with E-state index in [0.29, 0.717) is 12.8 Å². The van der Waals surface area contributed by atoms with E-state index in [2.05, 4.69) is 24.3 Å². The summed E-state index contributed by atoms with van der Waals surface area (Å²) in [7, 11) is 0.